The van der Waals surface area contributed by atoms with E-state index < -0.39 is 6.10 Å². The molecule has 0 aromatic heterocycles. The lowest BCUT2D eigenvalue weighted by atomic mass is 10.1. The van der Waals surface area contributed by atoms with Crippen molar-refractivity contribution in [1.82, 2.24) is 10.6 Å². The molecule has 21 heavy (non-hydrogen) atoms. The van der Waals surface area contributed by atoms with E-state index in [1.54, 1.807) is 0 Å². The topological polar surface area (TPSA) is 79.8 Å². The normalized spacial score (nSPS) is 35.2. The number of aliphatic hydroxyl groups excluding tert-OH is 1. The summed E-state index contributed by atoms with van der Waals surface area (Å²) in [4.78, 5) is 11.7. The number of nitrogens with one attached hydrogen (secondary N) is 2. The number of ether oxygens (including phenoxy) is 2. The molecular formula is C15H28N2O4. The Hall–Kier alpha value is -0.690. The summed E-state index contributed by atoms with van der Waals surface area (Å²) in [6.45, 7) is 7.46. The summed E-state index contributed by atoms with van der Waals surface area (Å²) in [7, 11) is 0. The van der Waals surface area contributed by atoms with E-state index in [0.717, 1.165) is 6.42 Å². The fourth-order valence-corrected chi connectivity index (χ4v) is 2.90. The highest BCUT2D eigenvalue weighted by Gasteiger charge is 2.50. The lowest BCUT2D eigenvalue weighted by molar-refractivity contribution is -0.124. The standard InChI is InChI=1S/C15H28N2O4/c1-4-5-16-13(18)7-10-6-11-15(20-10)14(19)12(21-11)8-17-9(2)3/h9-12,14-15,17,19H,4-8H2,1-3H3,(H,16,18). The highest BCUT2D eigenvalue weighted by molar-refractivity contribution is 5.76. The molecule has 0 aliphatic carbocycles. The van der Waals surface area contributed by atoms with Crippen molar-refractivity contribution in [3.05, 3.63) is 0 Å². The molecule has 0 spiro atoms. The van der Waals surface area contributed by atoms with Crippen molar-refractivity contribution >= 4 is 5.91 Å². The van der Waals surface area contributed by atoms with Gasteiger partial charge in [0.15, 0.2) is 0 Å². The van der Waals surface area contributed by atoms with Crippen molar-refractivity contribution < 1.29 is 19.4 Å². The first-order valence-electron chi connectivity index (χ1n) is 8.00. The van der Waals surface area contributed by atoms with Gasteiger partial charge in [0.2, 0.25) is 5.91 Å². The summed E-state index contributed by atoms with van der Waals surface area (Å²) >= 11 is 0. The molecular weight excluding hydrogens is 272 g/mol. The largest absolute Gasteiger partial charge is 0.388 e. The van der Waals surface area contributed by atoms with Crippen LogP contribution in [-0.4, -0.2) is 60.7 Å². The number of rotatable bonds is 7. The number of carbonyl (C=O) groups is 1. The Morgan fingerprint density at radius 3 is 2.76 bits per heavy atom. The van der Waals surface area contributed by atoms with Crippen molar-refractivity contribution in [2.24, 2.45) is 0 Å². The minimum atomic E-state index is -0.620. The molecule has 0 aromatic rings. The molecule has 2 aliphatic rings. The van der Waals surface area contributed by atoms with Crippen molar-refractivity contribution in [3.63, 3.8) is 0 Å². The molecule has 1 amide bonds. The molecule has 0 bridgehead atoms. The second-order valence-corrected chi connectivity index (χ2v) is 6.28. The maximum absolute atomic E-state index is 11.7. The second kappa shape index (κ2) is 7.54. The zero-order chi connectivity index (χ0) is 15.4. The summed E-state index contributed by atoms with van der Waals surface area (Å²) in [6, 6.07) is 0.358. The lowest BCUT2D eigenvalue weighted by Crippen LogP contribution is -2.40. The molecule has 2 rings (SSSR count). The van der Waals surface area contributed by atoms with Gasteiger partial charge in [0.25, 0.3) is 0 Å². The van der Waals surface area contributed by atoms with Crippen molar-refractivity contribution in [1.29, 1.82) is 0 Å². The Morgan fingerprint density at radius 1 is 1.38 bits per heavy atom. The van der Waals surface area contributed by atoms with Gasteiger partial charge in [-0.3, -0.25) is 4.79 Å². The quantitative estimate of drug-likeness (QED) is 0.625. The van der Waals surface area contributed by atoms with E-state index in [1.165, 1.54) is 0 Å². The Balaban J connectivity index is 1.76. The monoisotopic (exact) mass is 300 g/mol. The Morgan fingerprint density at radius 2 is 2.14 bits per heavy atom. The van der Waals surface area contributed by atoms with Crippen LogP contribution >= 0.6 is 0 Å². The highest BCUT2D eigenvalue weighted by atomic mass is 16.6. The van der Waals surface area contributed by atoms with E-state index in [2.05, 4.69) is 24.5 Å². The summed E-state index contributed by atoms with van der Waals surface area (Å²) < 4.78 is 11.7. The van der Waals surface area contributed by atoms with Crippen LogP contribution in [0.15, 0.2) is 0 Å². The zero-order valence-corrected chi connectivity index (χ0v) is 13.2. The summed E-state index contributed by atoms with van der Waals surface area (Å²) in [5.41, 5.74) is 0. The van der Waals surface area contributed by atoms with Crippen LogP contribution in [0.3, 0.4) is 0 Å². The summed E-state index contributed by atoms with van der Waals surface area (Å²) in [5.74, 6) is 0.00865. The molecule has 5 unspecified atom stereocenters. The van der Waals surface area contributed by atoms with Crippen molar-refractivity contribution in [2.75, 3.05) is 13.1 Å². The molecule has 5 atom stereocenters. The first-order valence-corrected chi connectivity index (χ1v) is 8.00. The molecule has 2 fully saturated rings. The summed E-state index contributed by atoms with van der Waals surface area (Å²) in [6.07, 6.45) is 0.565. The first-order chi connectivity index (χ1) is 10.0. The van der Waals surface area contributed by atoms with Crippen LogP contribution in [0.5, 0.6) is 0 Å². The van der Waals surface area contributed by atoms with Crippen molar-refractivity contribution in [2.45, 2.75) is 76.6 Å². The van der Waals surface area contributed by atoms with Crippen LogP contribution < -0.4 is 10.6 Å². The molecule has 0 aromatic carbocycles. The minimum absolute atomic E-state index is 0.00865. The average molecular weight is 300 g/mol. The molecule has 0 saturated carbocycles. The second-order valence-electron chi connectivity index (χ2n) is 6.28. The Kier molecular flexibility index (Phi) is 5.98. The van der Waals surface area contributed by atoms with E-state index in [-0.39, 0.29) is 30.3 Å². The fraction of sp³-hybridized carbons (Fsp3) is 0.933. The molecule has 6 heteroatoms. The maximum Gasteiger partial charge on any atom is 0.222 e. The van der Waals surface area contributed by atoms with Gasteiger partial charge >= 0.3 is 0 Å². The van der Waals surface area contributed by atoms with Crippen molar-refractivity contribution in [3.8, 4) is 0 Å². The highest BCUT2D eigenvalue weighted by Crippen LogP contribution is 2.35. The van der Waals surface area contributed by atoms with E-state index in [1.807, 2.05) is 6.92 Å². The molecule has 6 nitrogen and oxygen atoms in total. The maximum atomic E-state index is 11.7. The van der Waals surface area contributed by atoms with Gasteiger partial charge in [-0.15, -0.1) is 0 Å². The molecule has 0 radical (unpaired) electrons. The lowest BCUT2D eigenvalue weighted by Gasteiger charge is -2.21. The molecule has 3 N–H and O–H groups in total. The summed E-state index contributed by atoms with van der Waals surface area (Å²) in [5, 5.41) is 16.4. The molecule has 2 saturated heterocycles. The van der Waals surface area contributed by atoms with Crippen LogP contribution in [0.25, 0.3) is 0 Å². The van der Waals surface area contributed by atoms with E-state index in [0.29, 0.717) is 32.0 Å². The van der Waals surface area contributed by atoms with Crippen LogP contribution in [0.4, 0.5) is 0 Å². The first kappa shape index (κ1) is 16.7. The van der Waals surface area contributed by atoms with E-state index >= 15 is 0 Å². The SMILES string of the molecule is CCCNC(=O)CC1CC2OC(CNC(C)C)C(O)C2O1. The molecule has 2 heterocycles. The van der Waals surface area contributed by atoms with Gasteiger partial charge in [-0.1, -0.05) is 20.8 Å². The average Bonchev–Trinajstić information content (AvgIpc) is 2.94. The van der Waals surface area contributed by atoms with Gasteiger partial charge in [0.1, 0.15) is 12.2 Å². The Labute approximate surface area is 126 Å². The van der Waals surface area contributed by atoms with Crippen LogP contribution in [-0.2, 0) is 14.3 Å². The van der Waals surface area contributed by atoms with Gasteiger partial charge in [0.05, 0.1) is 24.7 Å². The number of aliphatic hydroxyl groups is 1. The fourth-order valence-electron chi connectivity index (χ4n) is 2.90. The number of hydrogen-bond acceptors (Lipinski definition) is 5. The Bertz CT molecular complexity index is 351. The number of fused-ring (bicyclic) bond motifs is 1. The third-order valence-corrected chi connectivity index (χ3v) is 3.99. The van der Waals surface area contributed by atoms with Gasteiger partial charge in [0, 0.05) is 25.6 Å². The van der Waals surface area contributed by atoms with Gasteiger partial charge in [-0.25, -0.2) is 0 Å². The zero-order valence-electron chi connectivity index (χ0n) is 13.2. The number of amides is 1. The third kappa shape index (κ3) is 4.39. The number of hydrogen-bond donors (Lipinski definition) is 3. The third-order valence-electron chi connectivity index (χ3n) is 3.99. The van der Waals surface area contributed by atoms with Gasteiger partial charge < -0.3 is 25.2 Å². The minimum Gasteiger partial charge on any atom is -0.388 e. The molecule has 122 valence electrons. The molecule has 2 aliphatic heterocycles. The smallest absolute Gasteiger partial charge is 0.222 e. The van der Waals surface area contributed by atoms with Crippen LogP contribution in [0, 0.1) is 0 Å². The van der Waals surface area contributed by atoms with Gasteiger partial charge in [-0.2, -0.15) is 0 Å². The van der Waals surface area contributed by atoms with Gasteiger partial charge in [-0.05, 0) is 6.42 Å². The van der Waals surface area contributed by atoms with Crippen LogP contribution in [0.1, 0.15) is 40.0 Å². The van der Waals surface area contributed by atoms with Crippen LogP contribution in [0.2, 0.25) is 0 Å². The predicted octanol–water partition coefficient (Wildman–Crippen LogP) is 0.187. The van der Waals surface area contributed by atoms with E-state index in [4.69, 9.17) is 9.47 Å². The van der Waals surface area contributed by atoms with E-state index in [9.17, 15) is 9.90 Å². The predicted molar refractivity (Wildman–Crippen MR) is 79.0 cm³/mol. The number of carbonyl (C=O) groups excluding carboxylic acids is 1.